The molecule has 1 aliphatic rings. The molecule has 1 fully saturated rings. The molecule has 0 heterocycles. The molecule has 0 bridgehead atoms. The highest BCUT2D eigenvalue weighted by molar-refractivity contribution is 5.35. The predicted molar refractivity (Wildman–Crippen MR) is 85.3 cm³/mol. The SMILES string of the molecule is CCCC(NCC1CCCC1C)c1cccc([N+](=O)[O-])c1. The average molecular weight is 290 g/mol. The van der Waals surface area contributed by atoms with Crippen LogP contribution in [0.4, 0.5) is 5.69 Å². The van der Waals surface area contributed by atoms with Gasteiger partial charge in [0.05, 0.1) is 4.92 Å². The molecule has 1 aromatic carbocycles. The lowest BCUT2D eigenvalue weighted by Gasteiger charge is -2.23. The maximum absolute atomic E-state index is 10.9. The summed E-state index contributed by atoms with van der Waals surface area (Å²) >= 11 is 0. The molecule has 0 amide bonds. The molecule has 4 nitrogen and oxygen atoms in total. The maximum atomic E-state index is 10.9. The monoisotopic (exact) mass is 290 g/mol. The van der Waals surface area contributed by atoms with E-state index in [4.69, 9.17) is 0 Å². The Bertz CT molecular complexity index is 476. The van der Waals surface area contributed by atoms with Crippen molar-refractivity contribution in [3.63, 3.8) is 0 Å². The van der Waals surface area contributed by atoms with Gasteiger partial charge in [-0.3, -0.25) is 10.1 Å². The molecule has 0 spiro atoms. The van der Waals surface area contributed by atoms with Gasteiger partial charge in [-0.05, 0) is 36.8 Å². The molecule has 0 saturated heterocycles. The first-order valence-corrected chi connectivity index (χ1v) is 8.09. The minimum atomic E-state index is -0.314. The van der Waals surface area contributed by atoms with Gasteiger partial charge < -0.3 is 5.32 Å². The van der Waals surface area contributed by atoms with Gasteiger partial charge in [-0.25, -0.2) is 0 Å². The van der Waals surface area contributed by atoms with Crippen LogP contribution in [0.5, 0.6) is 0 Å². The third-order valence-corrected chi connectivity index (χ3v) is 4.73. The second-order valence-electron chi connectivity index (χ2n) is 6.27. The number of rotatable bonds is 7. The van der Waals surface area contributed by atoms with Gasteiger partial charge in [0.1, 0.15) is 0 Å². The van der Waals surface area contributed by atoms with Crippen LogP contribution in [0.3, 0.4) is 0 Å². The van der Waals surface area contributed by atoms with Crippen LogP contribution in [0.25, 0.3) is 0 Å². The number of nitro groups is 1. The van der Waals surface area contributed by atoms with Gasteiger partial charge in [0, 0.05) is 18.2 Å². The van der Waals surface area contributed by atoms with Crippen molar-refractivity contribution in [2.45, 2.75) is 52.0 Å². The zero-order valence-corrected chi connectivity index (χ0v) is 13.0. The molecule has 1 aliphatic carbocycles. The molecule has 1 N–H and O–H groups in total. The summed E-state index contributed by atoms with van der Waals surface area (Å²) in [7, 11) is 0. The van der Waals surface area contributed by atoms with E-state index in [9.17, 15) is 10.1 Å². The minimum absolute atomic E-state index is 0.185. The average Bonchev–Trinajstić information content (AvgIpc) is 2.89. The van der Waals surface area contributed by atoms with Crippen molar-refractivity contribution >= 4 is 5.69 Å². The lowest BCUT2D eigenvalue weighted by Crippen LogP contribution is -2.28. The Morgan fingerprint density at radius 2 is 2.24 bits per heavy atom. The molecule has 4 heteroatoms. The highest BCUT2D eigenvalue weighted by Crippen LogP contribution is 2.31. The molecule has 116 valence electrons. The molecular weight excluding hydrogens is 264 g/mol. The van der Waals surface area contributed by atoms with E-state index >= 15 is 0 Å². The zero-order chi connectivity index (χ0) is 15.2. The standard InChI is InChI=1S/C17H26N2O2/c1-3-6-17(18-12-15-9-4-7-13(15)2)14-8-5-10-16(11-14)19(20)21/h5,8,10-11,13,15,17-18H,3-4,6-7,9,12H2,1-2H3. The van der Waals surface area contributed by atoms with Gasteiger partial charge in [-0.15, -0.1) is 0 Å². The number of nitro benzene ring substituents is 1. The van der Waals surface area contributed by atoms with Crippen molar-refractivity contribution in [1.29, 1.82) is 0 Å². The Morgan fingerprint density at radius 3 is 2.86 bits per heavy atom. The van der Waals surface area contributed by atoms with Gasteiger partial charge in [0.25, 0.3) is 5.69 Å². The first kappa shape index (κ1) is 16.0. The van der Waals surface area contributed by atoms with Gasteiger partial charge in [0.2, 0.25) is 0 Å². The number of non-ortho nitro benzene ring substituents is 1. The molecule has 0 radical (unpaired) electrons. The number of hydrogen-bond acceptors (Lipinski definition) is 3. The summed E-state index contributed by atoms with van der Waals surface area (Å²) in [5, 5.41) is 14.6. The fourth-order valence-electron chi connectivity index (χ4n) is 3.35. The normalized spacial score (nSPS) is 23.1. The van der Waals surface area contributed by atoms with Crippen LogP contribution >= 0.6 is 0 Å². The summed E-state index contributed by atoms with van der Waals surface area (Å²) in [6, 6.07) is 7.29. The Kier molecular flexibility index (Phi) is 5.74. The molecular formula is C17H26N2O2. The summed E-state index contributed by atoms with van der Waals surface area (Å²) in [6.45, 7) is 5.51. The second kappa shape index (κ2) is 7.55. The van der Waals surface area contributed by atoms with Crippen molar-refractivity contribution in [3.05, 3.63) is 39.9 Å². The molecule has 0 aliphatic heterocycles. The van der Waals surface area contributed by atoms with Crippen molar-refractivity contribution in [3.8, 4) is 0 Å². The van der Waals surface area contributed by atoms with E-state index in [1.165, 1.54) is 19.3 Å². The fraction of sp³-hybridized carbons (Fsp3) is 0.647. The summed E-state index contributed by atoms with van der Waals surface area (Å²) in [6.07, 6.45) is 6.06. The lowest BCUT2D eigenvalue weighted by molar-refractivity contribution is -0.384. The quantitative estimate of drug-likeness (QED) is 0.595. The highest BCUT2D eigenvalue weighted by Gasteiger charge is 2.24. The molecule has 2 rings (SSSR count). The summed E-state index contributed by atoms with van der Waals surface area (Å²) in [5.41, 5.74) is 1.22. The van der Waals surface area contributed by atoms with Crippen LogP contribution in [0.2, 0.25) is 0 Å². The maximum Gasteiger partial charge on any atom is 0.269 e. The van der Waals surface area contributed by atoms with Crippen molar-refractivity contribution < 1.29 is 4.92 Å². The van der Waals surface area contributed by atoms with Crippen LogP contribution in [0.1, 0.15) is 57.6 Å². The Balaban J connectivity index is 2.03. The van der Waals surface area contributed by atoms with Gasteiger partial charge in [0.15, 0.2) is 0 Å². The van der Waals surface area contributed by atoms with Crippen molar-refractivity contribution in [1.82, 2.24) is 5.32 Å². The topological polar surface area (TPSA) is 55.2 Å². The Hall–Kier alpha value is -1.42. The third-order valence-electron chi connectivity index (χ3n) is 4.73. The van der Waals surface area contributed by atoms with Crippen LogP contribution in [0.15, 0.2) is 24.3 Å². The fourth-order valence-corrected chi connectivity index (χ4v) is 3.35. The van der Waals surface area contributed by atoms with Crippen LogP contribution in [0, 0.1) is 22.0 Å². The van der Waals surface area contributed by atoms with Crippen molar-refractivity contribution in [2.24, 2.45) is 11.8 Å². The molecule has 3 atom stereocenters. The lowest BCUT2D eigenvalue weighted by atomic mass is 9.96. The van der Waals surface area contributed by atoms with E-state index in [1.54, 1.807) is 18.2 Å². The van der Waals surface area contributed by atoms with E-state index in [-0.39, 0.29) is 16.7 Å². The number of benzene rings is 1. The zero-order valence-electron chi connectivity index (χ0n) is 13.0. The number of nitrogens with one attached hydrogen (secondary N) is 1. The first-order chi connectivity index (χ1) is 10.1. The van der Waals surface area contributed by atoms with Gasteiger partial charge >= 0.3 is 0 Å². The smallest absolute Gasteiger partial charge is 0.269 e. The molecule has 0 aromatic heterocycles. The molecule has 1 saturated carbocycles. The molecule has 3 unspecified atom stereocenters. The van der Waals surface area contributed by atoms with Crippen LogP contribution in [-0.2, 0) is 0 Å². The van der Waals surface area contributed by atoms with E-state index in [0.29, 0.717) is 0 Å². The van der Waals surface area contributed by atoms with Gasteiger partial charge in [-0.2, -0.15) is 0 Å². The van der Waals surface area contributed by atoms with E-state index in [0.717, 1.165) is 36.8 Å². The van der Waals surface area contributed by atoms with Crippen molar-refractivity contribution in [2.75, 3.05) is 6.54 Å². The highest BCUT2D eigenvalue weighted by atomic mass is 16.6. The minimum Gasteiger partial charge on any atom is -0.310 e. The van der Waals surface area contributed by atoms with E-state index < -0.39 is 0 Å². The summed E-state index contributed by atoms with van der Waals surface area (Å²) < 4.78 is 0. The van der Waals surface area contributed by atoms with E-state index in [2.05, 4.69) is 19.2 Å². The number of nitrogens with zero attached hydrogens (tertiary/aromatic N) is 1. The third kappa shape index (κ3) is 4.27. The molecule has 1 aromatic rings. The first-order valence-electron chi connectivity index (χ1n) is 8.09. The summed E-state index contributed by atoms with van der Waals surface area (Å²) in [4.78, 5) is 10.6. The Labute approximate surface area is 127 Å². The van der Waals surface area contributed by atoms with Crippen LogP contribution in [-0.4, -0.2) is 11.5 Å². The van der Waals surface area contributed by atoms with Crippen LogP contribution < -0.4 is 5.32 Å². The second-order valence-corrected chi connectivity index (χ2v) is 6.27. The van der Waals surface area contributed by atoms with Gasteiger partial charge in [-0.1, -0.05) is 45.2 Å². The van der Waals surface area contributed by atoms with E-state index in [1.807, 2.05) is 6.07 Å². The molecule has 21 heavy (non-hydrogen) atoms. The Morgan fingerprint density at radius 1 is 1.43 bits per heavy atom. The number of hydrogen-bond donors (Lipinski definition) is 1. The summed E-state index contributed by atoms with van der Waals surface area (Å²) in [5.74, 6) is 1.55. The largest absolute Gasteiger partial charge is 0.310 e. The predicted octanol–water partition coefficient (Wildman–Crippen LogP) is 4.46.